The lowest BCUT2D eigenvalue weighted by Gasteiger charge is -2.09. The number of hydrogen-bond donors (Lipinski definition) is 1. The zero-order valence-electron chi connectivity index (χ0n) is 5.68. The zero-order valence-corrected chi connectivity index (χ0v) is 5.68. The number of epoxide rings is 1. The van der Waals surface area contributed by atoms with Gasteiger partial charge in [0.25, 0.3) is 5.91 Å². The molecule has 1 rings (SSSR count). The molecule has 1 fully saturated rings. The predicted octanol–water partition coefficient (Wildman–Crippen LogP) is -0.103. The van der Waals surface area contributed by atoms with Gasteiger partial charge in [-0.25, -0.2) is 0 Å². The first kappa shape index (κ1) is 6.55. The van der Waals surface area contributed by atoms with E-state index in [2.05, 4.69) is 0 Å². The molecule has 0 aromatic heterocycles. The maximum absolute atomic E-state index is 10.6. The van der Waals surface area contributed by atoms with Crippen LogP contribution >= 0.6 is 0 Å². The molecule has 0 aromatic rings. The Morgan fingerprint density at radius 3 is 2.22 bits per heavy atom. The normalized spacial score (nSPS) is 32.8. The van der Waals surface area contributed by atoms with Crippen LogP contribution in [0.4, 0.5) is 0 Å². The van der Waals surface area contributed by atoms with Crippen LogP contribution in [0.25, 0.3) is 0 Å². The number of hydrogen-bond acceptors (Lipinski definition) is 2. The van der Waals surface area contributed by atoms with Crippen molar-refractivity contribution in [3.63, 3.8) is 0 Å². The molecule has 0 spiro atoms. The summed E-state index contributed by atoms with van der Waals surface area (Å²) in [5.41, 5.74) is 4.46. The summed E-state index contributed by atoms with van der Waals surface area (Å²) in [4.78, 5) is 10.6. The van der Waals surface area contributed by atoms with Crippen LogP contribution in [0.1, 0.15) is 13.8 Å². The Labute approximate surface area is 54.2 Å². The van der Waals surface area contributed by atoms with Crippen molar-refractivity contribution in [2.75, 3.05) is 6.61 Å². The molecule has 0 aromatic carbocycles. The first-order chi connectivity index (χ1) is 4.09. The first-order valence-corrected chi connectivity index (χ1v) is 3.03. The van der Waals surface area contributed by atoms with Gasteiger partial charge in [-0.1, -0.05) is 13.8 Å². The van der Waals surface area contributed by atoms with Gasteiger partial charge in [-0.15, -0.1) is 0 Å². The zero-order chi connectivity index (χ0) is 7.07. The third-order valence-corrected chi connectivity index (χ3v) is 1.81. The molecular weight excluding hydrogens is 118 g/mol. The van der Waals surface area contributed by atoms with Gasteiger partial charge in [-0.3, -0.25) is 4.79 Å². The van der Waals surface area contributed by atoms with Crippen LogP contribution in [0.15, 0.2) is 0 Å². The van der Waals surface area contributed by atoms with E-state index in [4.69, 9.17) is 10.5 Å². The second-order valence-corrected chi connectivity index (χ2v) is 2.70. The number of nitrogens with two attached hydrogens (primary N) is 1. The monoisotopic (exact) mass is 129 g/mol. The van der Waals surface area contributed by atoms with Gasteiger partial charge in [0.1, 0.15) is 0 Å². The number of ether oxygens (including phenoxy) is 1. The van der Waals surface area contributed by atoms with Gasteiger partial charge in [0.2, 0.25) is 0 Å². The molecule has 0 aliphatic carbocycles. The van der Waals surface area contributed by atoms with Crippen LogP contribution in [0, 0.1) is 5.92 Å². The Kier molecular flexibility index (Phi) is 1.24. The predicted molar refractivity (Wildman–Crippen MR) is 32.7 cm³/mol. The molecule has 1 saturated heterocycles. The minimum atomic E-state index is -0.611. The van der Waals surface area contributed by atoms with Gasteiger partial charge in [-0.05, 0) is 5.92 Å². The highest BCUT2D eigenvalue weighted by Crippen LogP contribution is 2.34. The van der Waals surface area contributed by atoms with E-state index in [0.29, 0.717) is 6.61 Å². The van der Waals surface area contributed by atoms with Crippen molar-refractivity contribution in [2.24, 2.45) is 11.7 Å². The van der Waals surface area contributed by atoms with Gasteiger partial charge in [0.05, 0.1) is 6.61 Å². The van der Waals surface area contributed by atoms with Crippen LogP contribution < -0.4 is 5.73 Å². The van der Waals surface area contributed by atoms with Gasteiger partial charge in [0.15, 0.2) is 5.60 Å². The van der Waals surface area contributed by atoms with Crippen molar-refractivity contribution in [3.8, 4) is 0 Å². The highest BCUT2D eigenvalue weighted by molar-refractivity contribution is 5.86. The van der Waals surface area contributed by atoms with Crippen molar-refractivity contribution in [1.29, 1.82) is 0 Å². The fraction of sp³-hybridized carbons (Fsp3) is 0.833. The van der Waals surface area contributed by atoms with E-state index in [1.54, 1.807) is 0 Å². The molecule has 1 aliphatic heterocycles. The number of amides is 1. The van der Waals surface area contributed by atoms with E-state index in [-0.39, 0.29) is 11.8 Å². The fourth-order valence-electron chi connectivity index (χ4n) is 0.838. The molecule has 3 heteroatoms. The standard InChI is InChI=1S/C6H11NO2/c1-4(2)6(3-9-6)5(7)8/h4H,3H2,1-2H3,(H2,7,8)/t6-/m0/s1. The molecule has 1 heterocycles. The second-order valence-electron chi connectivity index (χ2n) is 2.70. The summed E-state index contributed by atoms with van der Waals surface area (Å²) in [6, 6.07) is 0. The van der Waals surface area contributed by atoms with Crippen molar-refractivity contribution < 1.29 is 9.53 Å². The van der Waals surface area contributed by atoms with Crippen molar-refractivity contribution in [1.82, 2.24) is 0 Å². The minimum absolute atomic E-state index is 0.204. The lowest BCUT2D eigenvalue weighted by Crippen LogP contribution is -2.36. The van der Waals surface area contributed by atoms with Gasteiger partial charge >= 0.3 is 0 Å². The van der Waals surface area contributed by atoms with Crippen LogP contribution in [0.3, 0.4) is 0 Å². The summed E-state index contributed by atoms with van der Waals surface area (Å²) < 4.78 is 4.94. The second kappa shape index (κ2) is 1.70. The van der Waals surface area contributed by atoms with Crippen molar-refractivity contribution in [3.05, 3.63) is 0 Å². The summed E-state index contributed by atoms with van der Waals surface area (Å²) in [6.45, 7) is 4.36. The molecule has 1 amide bonds. The SMILES string of the molecule is CC(C)[C@]1(C(N)=O)CO1. The number of carbonyl (C=O) groups is 1. The molecule has 1 aliphatic rings. The Bertz CT molecular complexity index is 138. The van der Waals surface area contributed by atoms with E-state index in [1.807, 2.05) is 13.8 Å². The Hall–Kier alpha value is -0.570. The van der Waals surface area contributed by atoms with Crippen molar-refractivity contribution >= 4 is 5.91 Å². The molecule has 3 nitrogen and oxygen atoms in total. The maximum atomic E-state index is 10.6. The fourth-order valence-corrected chi connectivity index (χ4v) is 0.838. The summed E-state index contributed by atoms with van der Waals surface area (Å²) in [6.07, 6.45) is 0. The quantitative estimate of drug-likeness (QED) is 0.529. The summed E-state index contributed by atoms with van der Waals surface area (Å²) in [5, 5.41) is 0. The van der Waals surface area contributed by atoms with Crippen LogP contribution in [-0.2, 0) is 9.53 Å². The molecule has 1 atom stereocenters. The first-order valence-electron chi connectivity index (χ1n) is 3.03. The molecule has 52 valence electrons. The van der Waals surface area contributed by atoms with Crippen LogP contribution in [0.2, 0.25) is 0 Å². The van der Waals surface area contributed by atoms with Gasteiger partial charge in [0, 0.05) is 0 Å². The molecule has 0 unspecified atom stereocenters. The van der Waals surface area contributed by atoms with E-state index >= 15 is 0 Å². The van der Waals surface area contributed by atoms with Crippen molar-refractivity contribution in [2.45, 2.75) is 19.4 Å². The molecule has 9 heavy (non-hydrogen) atoms. The van der Waals surface area contributed by atoms with E-state index in [0.717, 1.165) is 0 Å². The third-order valence-electron chi connectivity index (χ3n) is 1.81. The minimum Gasteiger partial charge on any atom is -0.367 e. The number of carbonyl (C=O) groups excluding carboxylic acids is 1. The van der Waals surface area contributed by atoms with Crippen LogP contribution in [0.5, 0.6) is 0 Å². The maximum Gasteiger partial charge on any atom is 0.252 e. The average Bonchev–Trinajstić information content (AvgIpc) is 2.40. The lowest BCUT2D eigenvalue weighted by molar-refractivity contribution is -0.124. The molecule has 2 N–H and O–H groups in total. The highest BCUT2D eigenvalue weighted by Gasteiger charge is 2.53. The van der Waals surface area contributed by atoms with Crippen LogP contribution in [-0.4, -0.2) is 18.1 Å². The Balaban J connectivity index is 2.63. The Morgan fingerprint density at radius 2 is 2.22 bits per heavy atom. The average molecular weight is 129 g/mol. The highest BCUT2D eigenvalue weighted by atomic mass is 16.6. The molecular formula is C6H11NO2. The molecule has 0 bridgehead atoms. The Morgan fingerprint density at radius 1 is 1.78 bits per heavy atom. The number of rotatable bonds is 2. The topological polar surface area (TPSA) is 55.6 Å². The smallest absolute Gasteiger partial charge is 0.252 e. The summed E-state index contributed by atoms with van der Waals surface area (Å²) >= 11 is 0. The number of primary amides is 1. The van der Waals surface area contributed by atoms with E-state index < -0.39 is 5.60 Å². The lowest BCUT2D eigenvalue weighted by atomic mass is 9.96. The third kappa shape index (κ3) is 0.812. The van der Waals surface area contributed by atoms with Gasteiger partial charge in [-0.2, -0.15) is 0 Å². The van der Waals surface area contributed by atoms with E-state index in [1.165, 1.54) is 0 Å². The molecule has 0 radical (unpaired) electrons. The summed E-state index contributed by atoms with van der Waals surface area (Å²) in [5.74, 6) is -0.132. The summed E-state index contributed by atoms with van der Waals surface area (Å²) in [7, 11) is 0. The van der Waals surface area contributed by atoms with E-state index in [9.17, 15) is 4.79 Å². The van der Waals surface area contributed by atoms with Gasteiger partial charge < -0.3 is 10.5 Å². The largest absolute Gasteiger partial charge is 0.367 e. The molecule has 0 saturated carbocycles.